The first-order valence-electron chi connectivity index (χ1n) is 6.06. The van der Waals surface area contributed by atoms with Crippen molar-refractivity contribution in [3.05, 3.63) is 17.0 Å². The molecule has 2 rings (SSSR count). The van der Waals surface area contributed by atoms with Crippen molar-refractivity contribution in [3.8, 4) is 0 Å². The van der Waals surface area contributed by atoms with Gasteiger partial charge < -0.3 is 15.2 Å². The molecule has 0 radical (unpaired) electrons. The minimum atomic E-state index is 0.0191. The predicted molar refractivity (Wildman–Crippen MR) is 63.4 cm³/mol. The summed E-state index contributed by atoms with van der Waals surface area (Å²) in [5.74, 6) is 1.59. The lowest BCUT2D eigenvalue weighted by atomic mass is 10.2. The maximum Gasteiger partial charge on any atom is 0.234 e. The Bertz CT molecular complexity index is 377. The van der Waals surface area contributed by atoms with Gasteiger partial charge >= 0.3 is 0 Å². The van der Waals surface area contributed by atoms with Crippen LogP contribution in [0.1, 0.15) is 29.9 Å². The van der Waals surface area contributed by atoms with Gasteiger partial charge in [0.15, 0.2) is 0 Å². The van der Waals surface area contributed by atoms with Gasteiger partial charge in [0.1, 0.15) is 5.76 Å². The number of carbonyl (C=O) groups is 1. The fourth-order valence-electron chi connectivity index (χ4n) is 1.72. The monoisotopic (exact) mass is 237 g/mol. The van der Waals surface area contributed by atoms with Crippen LogP contribution in [0.3, 0.4) is 0 Å². The molecule has 5 heteroatoms. The van der Waals surface area contributed by atoms with Gasteiger partial charge in [0, 0.05) is 12.1 Å². The third-order valence-corrected chi connectivity index (χ3v) is 3.06. The van der Waals surface area contributed by atoms with Crippen molar-refractivity contribution in [2.24, 2.45) is 5.92 Å². The molecule has 0 aliphatic heterocycles. The number of hydrogen-bond acceptors (Lipinski definition) is 4. The second-order valence-corrected chi connectivity index (χ2v) is 4.65. The van der Waals surface area contributed by atoms with Crippen molar-refractivity contribution in [3.63, 3.8) is 0 Å². The molecule has 1 aliphatic rings. The first kappa shape index (κ1) is 12.1. The molecular formula is C12H19N3O2. The predicted octanol–water partition coefficient (Wildman–Crippen LogP) is 0.907. The molecule has 1 fully saturated rings. The molecule has 1 saturated carbocycles. The van der Waals surface area contributed by atoms with Gasteiger partial charge in [-0.3, -0.25) is 4.79 Å². The summed E-state index contributed by atoms with van der Waals surface area (Å²) in [7, 11) is 0. The second-order valence-electron chi connectivity index (χ2n) is 4.65. The smallest absolute Gasteiger partial charge is 0.234 e. The zero-order valence-electron chi connectivity index (χ0n) is 10.4. The van der Waals surface area contributed by atoms with Crippen LogP contribution in [-0.2, 0) is 11.3 Å². The van der Waals surface area contributed by atoms with Gasteiger partial charge in [0.25, 0.3) is 0 Å². The van der Waals surface area contributed by atoms with E-state index in [2.05, 4.69) is 15.8 Å². The Morgan fingerprint density at radius 2 is 2.24 bits per heavy atom. The molecule has 17 heavy (non-hydrogen) atoms. The first-order chi connectivity index (χ1) is 8.16. The van der Waals surface area contributed by atoms with E-state index in [0.717, 1.165) is 29.5 Å². The van der Waals surface area contributed by atoms with E-state index in [0.29, 0.717) is 13.1 Å². The van der Waals surface area contributed by atoms with Crippen molar-refractivity contribution in [1.29, 1.82) is 0 Å². The van der Waals surface area contributed by atoms with Gasteiger partial charge in [-0.25, -0.2) is 0 Å². The zero-order valence-corrected chi connectivity index (χ0v) is 10.4. The summed E-state index contributed by atoms with van der Waals surface area (Å²) in [5, 5.41) is 9.86. The molecular weight excluding hydrogens is 218 g/mol. The van der Waals surface area contributed by atoms with Gasteiger partial charge in [-0.2, -0.15) is 0 Å². The highest BCUT2D eigenvalue weighted by Crippen LogP contribution is 2.27. The molecule has 0 unspecified atom stereocenters. The van der Waals surface area contributed by atoms with E-state index in [1.54, 1.807) is 0 Å². The molecule has 0 saturated heterocycles. The largest absolute Gasteiger partial charge is 0.361 e. The van der Waals surface area contributed by atoms with Crippen LogP contribution in [0.15, 0.2) is 4.52 Å². The maximum atomic E-state index is 11.5. The van der Waals surface area contributed by atoms with Crippen molar-refractivity contribution >= 4 is 5.91 Å². The Morgan fingerprint density at radius 1 is 1.47 bits per heavy atom. The van der Waals surface area contributed by atoms with E-state index in [1.807, 2.05) is 13.8 Å². The number of rotatable bonds is 6. The number of amides is 1. The molecule has 0 bridgehead atoms. The van der Waals surface area contributed by atoms with Gasteiger partial charge in [0.05, 0.1) is 12.2 Å². The average Bonchev–Trinajstić information content (AvgIpc) is 3.05. The van der Waals surface area contributed by atoms with E-state index in [9.17, 15) is 4.79 Å². The molecule has 5 nitrogen and oxygen atoms in total. The molecule has 94 valence electrons. The van der Waals surface area contributed by atoms with Crippen molar-refractivity contribution in [1.82, 2.24) is 15.8 Å². The van der Waals surface area contributed by atoms with Gasteiger partial charge in [-0.1, -0.05) is 5.16 Å². The zero-order chi connectivity index (χ0) is 12.3. The van der Waals surface area contributed by atoms with E-state index in [1.165, 1.54) is 12.8 Å². The molecule has 1 aliphatic carbocycles. The topological polar surface area (TPSA) is 67.2 Å². The van der Waals surface area contributed by atoms with Crippen LogP contribution in [0.25, 0.3) is 0 Å². The Morgan fingerprint density at radius 3 is 2.82 bits per heavy atom. The highest BCUT2D eigenvalue weighted by molar-refractivity contribution is 5.78. The van der Waals surface area contributed by atoms with Crippen LogP contribution in [0.4, 0.5) is 0 Å². The molecule has 1 aromatic heterocycles. The summed E-state index contributed by atoms with van der Waals surface area (Å²) >= 11 is 0. The Balaban J connectivity index is 1.68. The Kier molecular flexibility index (Phi) is 3.78. The van der Waals surface area contributed by atoms with Gasteiger partial charge in [0.2, 0.25) is 5.91 Å². The molecule has 0 atom stereocenters. The summed E-state index contributed by atoms with van der Waals surface area (Å²) in [5.41, 5.74) is 1.81. The quantitative estimate of drug-likeness (QED) is 0.771. The van der Waals surface area contributed by atoms with E-state index in [4.69, 9.17) is 4.52 Å². The standard InChI is InChI=1S/C12H19N3O2/c1-8-11(9(2)17-15-8)6-14-12(16)7-13-5-10-3-4-10/h10,13H,3-7H2,1-2H3,(H,14,16). The first-order valence-corrected chi connectivity index (χ1v) is 6.06. The minimum Gasteiger partial charge on any atom is -0.361 e. The SMILES string of the molecule is Cc1noc(C)c1CNC(=O)CNCC1CC1. The molecule has 1 aromatic rings. The molecule has 1 heterocycles. The lowest BCUT2D eigenvalue weighted by Crippen LogP contribution is -2.34. The third-order valence-electron chi connectivity index (χ3n) is 3.06. The van der Waals surface area contributed by atoms with Crippen LogP contribution in [0.5, 0.6) is 0 Å². The molecule has 2 N–H and O–H groups in total. The summed E-state index contributed by atoms with van der Waals surface area (Å²) in [6, 6.07) is 0. The summed E-state index contributed by atoms with van der Waals surface area (Å²) in [4.78, 5) is 11.5. The van der Waals surface area contributed by atoms with Crippen molar-refractivity contribution in [2.45, 2.75) is 33.2 Å². The number of carbonyl (C=O) groups excluding carboxylic acids is 1. The van der Waals surface area contributed by atoms with Crippen molar-refractivity contribution < 1.29 is 9.32 Å². The fraction of sp³-hybridized carbons (Fsp3) is 0.667. The lowest BCUT2D eigenvalue weighted by molar-refractivity contribution is -0.120. The normalized spacial score (nSPS) is 14.9. The summed E-state index contributed by atoms with van der Waals surface area (Å²) < 4.78 is 5.03. The van der Waals surface area contributed by atoms with Crippen LogP contribution in [-0.4, -0.2) is 24.2 Å². The number of aryl methyl sites for hydroxylation is 2. The van der Waals surface area contributed by atoms with Crippen molar-refractivity contribution in [2.75, 3.05) is 13.1 Å². The molecule has 0 spiro atoms. The average molecular weight is 237 g/mol. The highest BCUT2D eigenvalue weighted by Gasteiger charge is 2.20. The number of hydrogen-bond donors (Lipinski definition) is 2. The van der Waals surface area contributed by atoms with Crippen LogP contribution in [0.2, 0.25) is 0 Å². The van der Waals surface area contributed by atoms with E-state index < -0.39 is 0 Å². The Labute approximate surface area is 101 Å². The Hall–Kier alpha value is -1.36. The lowest BCUT2D eigenvalue weighted by Gasteiger charge is -2.05. The van der Waals surface area contributed by atoms with Gasteiger partial charge in [-0.15, -0.1) is 0 Å². The third kappa shape index (κ3) is 3.56. The fourth-order valence-corrected chi connectivity index (χ4v) is 1.72. The van der Waals surface area contributed by atoms with Crippen LogP contribution in [0, 0.1) is 19.8 Å². The number of nitrogens with one attached hydrogen (secondary N) is 2. The summed E-state index contributed by atoms with van der Waals surface area (Å²) in [6.07, 6.45) is 2.60. The molecule has 0 aromatic carbocycles. The van der Waals surface area contributed by atoms with Crippen LogP contribution >= 0.6 is 0 Å². The van der Waals surface area contributed by atoms with Crippen LogP contribution < -0.4 is 10.6 Å². The number of aromatic nitrogens is 1. The van der Waals surface area contributed by atoms with E-state index >= 15 is 0 Å². The maximum absolute atomic E-state index is 11.5. The minimum absolute atomic E-state index is 0.0191. The number of nitrogens with zero attached hydrogens (tertiary/aromatic N) is 1. The second kappa shape index (κ2) is 5.31. The molecule has 1 amide bonds. The highest BCUT2D eigenvalue weighted by atomic mass is 16.5. The van der Waals surface area contributed by atoms with E-state index in [-0.39, 0.29) is 5.91 Å². The van der Waals surface area contributed by atoms with Gasteiger partial charge in [-0.05, 0) is 39.2 Å². The summed E-state index contributed by atoms with van der Waals surface area (Å²) in [6.45, 7) is 5.57.